The summed E-state index contributed by atoms with van der Waals surface area (Å²) >= 11 is 0. The summed E-state index contributed by atoms with van der Waals surface area (Å²) in [5.41, 5.74) is -0.897. The van der Waals surface area contributed by atoms with Crippen molar-refractivity contribution in [2.75, 3.05) is 74.2 Å². The minimum Gasteiger partial charge on any atom is -0.857 e. The van der Waals surface area contributed by atoms with Crippen molar-refractivity contribution < 1.29 is 120 Å². The Hall–Kier alpha value is -1.50. The maximum absolute atomic E-state index is 14.4. The van der Waals surface area contributed by atoms with Gasteiger partial charge in [-0.3, -0.25) is 14.3 Å². The van der Waals surface area contributed by atoms with Crippen LogP contribution in [-0.4, -0.2) is 189 Å². The van der Waals surface area contributed by atoms with Crippen LogP contribution in [0.5, 0.6) is 0 Å². The molecule has 78 heavy (non-hydrogen) atoms. The second-order valence-electron chi connectivity index (χ2n) is 22.1. The summed E-state index contributed by atoms with van der Waals surface area (Å²) < 4.78 is 40.9. The van der Waals surface area contributed by atoms with Crippen molar-refractivity contribution in [1.82, 2.24) is 14.9 Å². The molecule has 1 aromatic heterocycles. The van der Waals surface area contributed by atoms with E-state index in [9.17, 15) is 34.8 Å². The first-order chi connectivity index (χ1) is 36.3. The summed E-state index contributed by atoms with van der Waals surface area (Å²) in [6, 6.07) is 5.65. The molecule has 4 heterocycles. The van der Waals surface area contributed by atoms with Crippen LogP contribution in [0.1, 0.15) is 130 Å². The largest absolute Gasteiger partial charge is 1.00 e. The molecule has 0 spiro atoms. The van der Waals surface area contributed by atoms with Gasteiger partial charge in [0.25, 0.3) is 0 Å². The Morgan fingerprint density at radius 3 is 2.10 bits per heavy atom. The van der Waals surface area contributed by atoms with Crippen molar-refractivity contribution in [3.8, 4) is 0 Å². The number of ether oxygens (including phenoxy) is 6. The number of carbonyl (C=O) groups is 2. The maximum Gasteiger partial charge on any atom is 1.00 e. The Morgan fingerprint density at radius 1 is 0.910 bits per heavy atom. The molecule has 17 atom stereocenters. The van der Waals surface area contributed by atoms with Gasteiger partial charge in [0.15, 0.2) is 12.6 Å². The molecule has 444 valence electrons. The number of nitrogens with one attached hydrogen (secondary N) is 1. The smallest absolute Gasteiger partial charge is 0.857 e. The number of aryl methyl sites for hydroxylation is 1. The second kappa shape index (κ2) is 36.3. The van der Waals surface area contributed by atoms with Crippen LogP contribution in [0.2, 0.25) is 0 Å². The third kappa shape index (κ3) is 21.0. The van der Waals surface area contributed by atoms with Gasteiger partial charge in [-0.05, 0) is 147 Å². The van der Waals surface area contributed by atoms with Crippen molar-refractivity contribution >= 4 is 37.0 Å². The monoisotopic (exact) mass is 1150 g/mol. The summed E-state index contributed by atoms with van der Waals surface area (Å²) in [5, 5.41) is 65.3. The quantitative estimate of drug-likeness (QED) is 0.0844. The molecule has 19 nitrogen and oxygen atoms in total. The van der Waals surface area contributed by atoms with Crippen LogP contribution in [-0.2, 0) is 39.6 Å². The summed E-state index contributed by atoms with van der Waals surface area (Å²) in [6.07, 6.45) is -0.482. The minimum absolute atomic E-state index is 0. The van der Waals surface area contributed by atoms with Crippen molar-refractivity contribution in [2.45, 2.75) is 188 Å². The number of hydrogen-bond donors (Lipinski definition) is 6. The Bertz CT molecular complexity index is 2140. The molecule has 1 aromatic carbocycles. The summed E-state index contributed by atoms with van der Waals surface area (Å²) in [5.74, 6) is -3.51. The fraction of sp³-hybridized carbons (Fsp3) is 0.789. The predicted molar refractivity (Wildman–Crippen MR) is 302 cm³/mol. The first-order valence-electron chi connectivity index (χ1n) is 27.6. The van der Waals surface area contributed by atoms with E-state index in [0.717, 1.165) is 38.0 Å². The molecule has 3 aliphatic heterocycles. The first kappa shape index (κ1) is 74.5. The van der Waals surface area contributed by atoms with Gasteiger partial charge >= 0.3 is 63.3 Å². The summed E-state index contributed by atoms with van der Waals surface area (Å²) in [4.78, 5) is 41.5. The van der Waals surface area contributed by atoms with E-state index in [0.29, 0.717) is 62.6 Å². The minimum atomic E-state index is -1.73. The molecular weight excluding hydrogens is 1050 g/mol. The standard InChI is InChI=1S/C53H86N3O13P.C2H7N.CH4O.CH3O.K/c1-14-43-53(10,63)49(59)32(5)25-42(70)29(2)24-30(3)46(69-52-41(57)20-17-33(6)65-52)34(7)48(35(8)51(62)67-43)68-44-26-31(4)47(36(9)66-44)64-23-22-55(13)21-15-16-37-18-19-40-38(27-37)45(58)39(50(60)61)28-56(40)54(11)12;1-3-2;2*1-2;/h18-19,27-36,41,43-44,46-49,52,57,59,63,70H,14-17,20-26H2,1-13H3,(H,60,61);3H,1-2H3;2H,1H3;1H3;/q;;;-1;+1/t29-,30?,31?,32+,33-,34-,35?,36?,41?,43-,44+,46+,47-,48+,49-,52+,53-;;;;/m1..../s1. The molecule has 0 radical (unpaired) electrons. The Kier molecular flexibility index (Phi) is 34.6. The van der Waals surface area contributed by atoms with Gasteiger partial charge in [0.1, 0.15) is 23.4 Å². The molecule has 0 bridgehead atoms. The second-order valence-corrected chi connectivity index (χ2v) is 22.7. The van der Waals surface area contributed by atoms with Gasteiger partial charge in [-0.15, -0.1) is 8.86 Å². The normalized spacial score (nSPS) is 33.0. The number of carboxylic acids is 1. The molecule has 3 saturated heterocycles. The van der Waals surface area contributed by atoms with E-state index in [1.807, 2.05) is 67.9 Å². The van der Waals surface area contributed by atoms with E-state index in [1.165, 1.54) is 13.1 Å². The number of carbonyl (C=O) groups excluding carboxylic acids is 1. The third-order valence-corrected chi connectivity index (χ3v) is 16.0. The van der Waals surface area contributed by atoms with Gasteiger partial charge in [-0.2, -0.15) is 7.11 Å². The van der Waals surface area contributed by atoms with Gasteiger partial charge in [0.05, 0.1) is 54.7 Å². The Labute approximate surface area is 511 Å². The molecule has 3 fully saturated rings. The van der Waals surface area contributed by atoms with Crippen LogP contribution in [0.15, 0.2) is 29.2 Å². The van der Waals surface area contributed by atoms with E-state index < -0.39 is 77.9 Å². The van der Waals surface area contributed by atoms with Gasteiger partial charge in [0, 0.05) is 51.7 Å². The van der Waals surface area contributed by atoms with Crippen molar-refractivity contribution in [2.24, 2.45) is 35.5 Å². The number of cyclic esters (lactones) is 1. The van der Waals surface area contributed by atoms with Gasteiger partial charge in [0.2, 0.25) is 5.43 Å². The maximum atomic E-state index is 14.4. The average molecular weight is 1150 g/mol. The number of fused-ring (bicyclic) bond motifs is 1. The van der Waals surface area contributed by atoms with Crippen molar-refractivity contribution in [1.29, 1.82) is 0 Å². The summed E-state index contributed by atoms with van der Waals surface area (Å²) in [7, 11) is 15.0. The topological polar surface area (TPSA) is 254 Å². The molecule has 6 N–H and O–H groups in total. The molecule has 3 aliphatic rings. The molecule has 5 unspecified atom stereocenters. The number of esters is 1. The van der Waals surface area contributed by atoms with Crippen LogP contribution in [0.4, 0.5) is 0 Å². The Morgan fingerprint density at radius 2 is 1.53 bits per heavy atom. The number of likely N-dealkylation sites (N-methyl/N-ethyl adjacent to an activating group) is 1. The number of nitrogens with zero attached hydrogens (tertiary/aromatic N) is 3. The third-order valence-electron chi connectivity index (χ3n) is 15.3. The molecule has 0 amide bonds. The SMILES string of the molecule is CC[C@H]1OC(=O)C(C)[C@@H](O[C@H]2CC(C)[C@@H](OCCN(C)CCCc3ccc4c(c3)c(=O)c(C(=O)O)cn4N(C)C)C(C)O2)[C@H](C)[C@@H](O[C@@H]2O[C@H](C)CCC2O)C(C)C[C@@H](C)C(=P)C[C@H](C)[C@@H](O)[C@]1(C)O.CNC.CO.C[O-].[K+]. The van der Waals surface area contributed by atoms with Crippen LogP contribution in [0, 0.1) is 35.5 Å². The molecule has 5 rings (SSSR count). The van der Waals surface area contributed by atoms with Gasteiger partial charge in [-0.25, -0.2) is 4.79 Å². The number of carboxylic acid groups (broad SMARTS) is 1. The van der Waals surface area contributed by atoms with Crippen molar-refractivity contribution in [3.63, 3.8) is 0 Å². The van der Waals surface area contributed by atoms with E-state index in [-0.39, 0.29) is 105 Å². The van der Waals surface area contributed by atoms with Crippen molar-refractivity contribution in [3.05, 3.63) is 45.7 Å². The molecule has 2 aromatic rings. The number of rotatable bonds is 15. The van der Waals surface area contributed by atoms with Crippen LogP contribution in [0.3, 0.4) is 0 Å². The number of hydrogen-bond acceptors (Lipinski definition) is 17. The number of aromatic carboxylic acids is 1. The number of benzene rings is 1. The number of aliphatic hydroxyl groups is 4. The number of aliphatic hydroxyl groups excluding tert-OH is 3. The fourth-order valence-corrected chi connectivity index (χ4v) is 11.4. The van der Waals surface area contributed by atoms with Crippen LogP contribution in [0.25, 0.3) is 10.9 Å². The van der Waals surface area contributed by atoms with Crippen LogP contribution >= 0.6 is 8.86 Å². The zero-order valence-electron chi connectivity index (χ0n) is 50.5. The molecular formula is C57H100KN4O15P. The predicted octanol–water partition coefficient (Wildman–Crippen LogP) is 1.72. The van der Waals surface area contributed by atoms with E-state index >= 15 is 0 Å². The van der Waals surface area contributed by atoms with Gasteiger partial charge < -0.3 is 74.3 Å². The molecule has 21 heteroatoms. The van der Waals surface area contributed by atoms with E-state index in [4.69, 9.17) is 38.6 Å². The van der Waals surface area contributed by atoms with E-state index in [1.54, 1.807) is 36.8 Å². The fourth-order valence-electron chi connectivity index (χ4n) is 11.0. The Balaban J connectivity index is 0.00000363. The zero-order chi connectivity index (χ0) is 58.6. The average Bonchev–Trinajstić information content (AvgIpc) is 3.38. The van der Waals surface area contributed by atoms with Gasteiger partial charge in [-0.1, -0.05) is 47.6 Å². The zero-order valence-corrected chi connectivity index (χ0v) is 54.6. The first-order valence-corrected chi connectivity index (χ1v) is 28.1. The molecule has 0 aliphatic carbocycles. The number of aromatic nitrogens is 1. The number of pyridine rings is 1. The van der Waals surface area contributed by atoms with E-state index in [2.05, 4.69) is 39.9 Å². The van der Waals surface area contributed by atoms with Crippen LogP contribution < -0.4 is 72.2 Å². The molecule has 0 saturated carbocycles. The summed E-state index contributed by atoms with van der Waals surface area (Å²) in [6.45, 7) is 21.2.